The molecule has 0 amide bonds. The predicted octanol–water partition coefficient (Wildman–Crippen LogP) is 5.13. The van der Waals surface area contributed by atoms with Gasteiger partial charge >= 0.3 is 6.18 Å². The van der Waals surface area contributed by atoms with Gasteiger partial charge in [-0.15, -0.1) is 5.10 Å². The lowest BCUT2D eigenvalue weighted by molar-refractivity contribution is -0.137. The maximum absolute atomic E-state index is 13.5. The summed E-state index contributed by atoms with van der Waals surface area (Å²) < 4.78 is 45.7. The number of benzene rings is 2. The number of aromatic nitrogens is 5. The third-order valence-corrected chi connectivity index (χ3v) is 4.86. The van der Waals surface area contributed by atoms with Crippen molar-refractivity contribution in [3.05, 3.63) is 64.9 Å². The number of H-pyrrole nitrogens is 1. The Morgan fingerprint density at radius 1 is 1.00 bits per heavy atom. The number of aromatic amines is 1. The monoisotopic (exact) mass is 405 g/mol. The van der Waals surface area contributed by atoms with E-state index in [1.54, 1.807) is 0 Å². The van der Waals surface area contributed by atoms with E-state index in [-0.39, 0.29) is 16.3 Å². The molecule has 2 aromatic heterocycles. The molecule has 0 atom stereocenters. The molecule has 0 unspecified atom stereocenters. The van der Waals surface area contributed by atoms with Crippen LogP contribution in [0.15, 0.2) is 54.6 Å². The zero-order valence-electron chi connectivity index (χ0n) is 13.4. The molecule has 0 bridgehead atoms. The quantitative estimate of drug-likeness (QED) is 0.480. The van der Waals surface area contributed by atoms with Gasteiger partial charge < -0.3 is 0 Å². The molecule has 1 N–H and O–H groups in total. The van der Waals surface area contributed by atoms with Crippen molar-refractivity contribution in [3.8, 4) is 27.6 Å². The van der Waals surface area contributed by atoms with E-state index in [1.807, 2.05) is 30.3 Å². The maximum Gasteiger partial charge on any atom is 0.418 e. The van der Waals surface area contributed by atoms with E-state index in [0.29, 0.717) is 10.6 Å². The molecule has 0 spiro atoms. The average molecular weight is 405 g/mol. The second kappa shape index (κ2) is 6.71. The molecule has 0 aliphatic rings. The largest absolute Gasteiger partial charge is 0.418 e. The minimum Gasteiger partial charge on any atom is -0.267 e. The first kappa shape index (κ1) is 17.6. The number of nitrogens with one attached hydrogen (secondary N) is 1. The summed E-state index contributed by atoms with van der Waals surface area (Å²) >= 11 is 6.25. The van der Waals surface area contributed by atoms with Crippen molar-refractivity contribution in [2.45, 2.75) is 6.18 Å². The van der Waals surface area contributed by atoms with Gasteiger partial charge in [-0.25, -0.2) is 0 Å². The van der Waals surface area contributed by atoms with Gasteiger partial charge in [-0.05, 0) is 35.9 Å². The third-order valence-electron chi connectivity index (χ3n) is 3.86. The number of hydrogen-bond acceptors (Lipinski definition) is 5. The topological polar surface area (TPSA) is 59.4 Å². The highest BCUT2D eigenvalue weighted by Crippen LogP contribution is 2.37. The number of hydrogen-bond donors (Lipinski definition) is 1. The summed E-state index contributed by atoms with van der Waals surface area (Å²) in [5.74, 6) is 0.227. The molecule has 2 heterocycles. The smallest absolute Gasteiger partial charge is 0.267 e. The highest BCUT2D eigenvalue weighted by Gasteiger charge is 2.34. The summed E-state index contributed by atoms with van der Waals surface area (Å²) in [4.78, 5) is 0.519. The van der Waals surface area contributed by atoms with Crippen LogP contribution in [0.2, 0.25) is 0 Å². The van der Waals surface area contributed by atoms with Gasteiger partial charge in [-0.2, -0.15) is 18.3 Å². The zero-order chi connectivity index (χ0) is 19.0. The molecule has 0 fully saturated rings. The maximum atomic E-state index is 13.5. The van der Waals surface area contributed by atoms with E-state index in [4.69, 9.17) is 12.2 Å². The Kier molecular flexibility index (Phi) is 4.36. The number of nitrogens with zero attached hydrogens (tertiary/aromatic N) is 4. The molecule has 136 valence electrons. The molecular weight excluding hydrogens is 395 g/mol. The van der Waals surface area contributed by atoms with Crippen LogP contribution >= 0.6 is 23.8 Å². The molecule has 4 aromatic rings. The van der Waals surface area contributed by atoms with E-state index in [2.05, 4.69) is 19.8 Å². The highest BCUT2D eigenvalue weighted by molar-refractivity contribution is 7.71. The van der Waals surface area contributed by atoms with Crippen molar-refractivity contribution in [3.63, 3.8) is 0 Å². The Labute approximate surface area is 160 Å². The molecule has 27 heavy (non-hydrogen) atoms. The van der Waals surface area contributed by atoms with Gasteiger partial charge in [0.2, 0.25) is 0 Å². The normalized spacial score (nSPS) is 11.7. The van der Waals surface area contributed by atoms with Gasteiger partial charge in [0.1, 0.15) is 10.6 Å². The summed E-state index contributed by atoms with van der Waals surface area (Å²) in [6.45, 7) is 0. The van der Waals surface area contributed by atoms with Crippen LogP contribution in [-0.2, 0) is 6.18 Å². The first-order chi connectivity index (χ1) is 13.0. The first-order valence-electron chi connectivity index (χ1n) is 7.69. The highest BCUT2D eigenvalue weighted by atomic mass is 32.1. The van der Waals surface area contributed by atoms with Gasteiger partial charge in [0, 0.05) is 5.56 Å². The molecule has 5 nitrogen and oxygen atoms in total. The fraction of sp³-hybridized carbons (Fsp3) is 0.0588. The molecule has 0 saturated carbocycles. The number of rotatable bonds is 3. The van der Waals surface area contributed by atoms with Crippen LogP contribution in [0.25, 0.3) is 27.6 Å². The number of halogens is 3. The van der Waals surface area contributed by atoms with Crippen LogP contribution in [0, 0.1) is 4.77 Å². The summed E-state index contributed by atoms with van der Waals surface area (Å²) in [5.41, 5.74) is 0.403. The molecule has 0 saturated heterocycles. The lowest BCUT2D eigenvalue weighted by Gasteiger charge is -2.14. The fourth-order valence-electron chi connectivity index (χ4n) is 2.70. The van der Waals surface area contributed by atoms with Crippen LogP contribution in [0.3, 0.4) is 0 Å². The SMILES string of the molecule is FC(F)(F)c1ccccc1-n1c(-c2snnc2-c2ccccc2)n[nH]c1=S. The van der Waals surface area contributed by atoms with Crippen molar-refractivity contribution in [1.29, 1.82) is 0 Å². The lowest BCUT2D eigenvalue weighted by atomic mass is 10.1. The van der Waals surface area contributed by atoms with Crippen LogP contribution < -0.4 is 0 Å². The molecule has 10 heteroatoms. The van der Waals surface area contributed by atoms with Crippen LogP contribution in [0.4, 0.5) is 13.2 Å². The third kappa shape index (κ3) is 3.17. The minimum atomic E-state index is -4.53. The van der Waals surface area contributed by atoms with E-state index >= 15 is 0 Å². The first-order valence-corrected chi connectivity index (χ1v) is 8.87. The van der Waals surface area contributed by atoms with Crippen LogP contribution in [-0.4, -0.2) is 24.4 Å². The second-order valence-corrected chi connectivity index (χ2v) is 6.66. The van der Waals surface area contributed by atoms with Crippen LogP contribution in [0.5, 0.6) is 0 Å². The minimum absolute atomic E-state index is 0.0501. The van der Waals surface area contributed by atoms with E-state index in [9.17, 15) is 13.2 Å². The van der Waals surface area contributed by atoms with Gasteiger partial charge in [0.15, 0.2) is 10.6 Å². The Morgan fingerprint density at radius 3 is 2.44 bits per heavy atom. The predicted molar refractivity (Wildman–Crippen MR) is 98.1 cm³/mol. The van der Waals surface area contributed by atoms with Crippen molar-refractivity contribution in [1.82, 2.24) is 24.4 Å². The van der Waals surface area contributed by atoms with Crippen molar-refractivity contribution in [2.24, 2.45) is 0 Å². The summed E-state index contributed by atoms with van der Waals surface area (Å²) in [6.07, 6.45) is -4.53. The summed E-state index contributed by atoms with van der Waals surface area (Å²) in [6, 6.07) is 14.4. The second-order valence-electron chi connectivity index (χ2n) is 5.52. The van der Waals surface area contributed by atoms with Gasteiger partial charge in [-0.3, -0.25) is 9.67 Å². The molecule has 0 radical (unpaired) electrons. The van der Waals surface area contributed by atoms with E-state index in [1.165, 1.54) is 22.8 Å². The Bertz CT molecular complexity index is 1150. The average Bonchev–Trinajstić information content (AvgIpc) is 3.28. The number of alkyl halides is 3. The Hall–Kier alpha value is -2.85. The zero-order valence-corrected chi connectivity index (χ0v) is 15.1. The lowest BCUT2D eigenvalue weighted by Crippen LogP contribution is -2.11. The van der Waals surface area contributed by atoms with Gasteiger partial charge in [0.25, 0.3) is 0 Å². The summed E-state index contributed by atoms with van der Waals surface area (Å²) in [5, 5.41) is 10.9. The van der Waals surface area contributed by atoms with Crippen LogP contribution in [0.1, 0.15) is 5.56 Å². The molecular formula is C17H10F3N5S2. The van der Waals surface area contributed by atoms with Crippen molar-refractivity contribution < 1.29 is 13.2 Å². The standard InChI is InChI=1S/C17H10F3N5S2/c18-17(19,20)11-8-4-5-9-12(11)25-15(22-23-16(25)26)14-13(21-24-27-14)10-6-2-1-3-7-10/h1-9H,(H,23,26). The molecule has 0 aliphatic heterocycles. The van der Waals surface area contributed by atoms with E-state index in [0.717, 1.165) is 23.2 Å². The van der Waals surface area contributed by atoms with Crippen molar-refractivity contribution in [2.75, 3.05) is 0 Å². The molecule has 2 aromatic carbocycles. The molecule has 0 aliphatic carbocycles. The van der Waals surface area contributed by atoms with Gasteiger partial charge in [0.05, 0.1) is 11.3 Å². The van der Waals surface area contributed by atoms with Crippen molar-refractivity contribution >= 4 is 23.8 Å². The fourth-order valence-corrected chi connectivity index (χ4v) is 3.60. The molecule has 4 rings (SSSR count). The Balaban J connectivity index is 1.95. The number of para-hydroxylation sites is 1. The Morgan fingerprint density at radius 2 is 1.70 bits per heavy atom. The van der Waals surface area contributed by atoms with Gasteiger partial charge in [-0.1, -0.05) is 47.0 Å². The van der Waals surface area contributed by atoms with E-state index < -0.39 is 11.7 Å². The summed E-state index contributed by atoms with van der Waals surface area (Å²) in [7, 11) is 0.